The molecule has 1 aliphatic rings. The number of anilines is 1. The fourth-order valence-electron chi connectivity index (χ4n) is 2.91. The zero-order chi connectivity index (χ0) is 15.2. The lowest BCUT2D eigenvalue weighted by atomic mass is 9.90. The molecule has 2 aromatic rings. The molecule has 1 saturated heterocycles. The first-order valence-electron chi connectivity index (χ1n) is 7.26. The van der Waals surface area contributed by atoms with Crippen LogP contribution in [0.5, 0.6) is 0 Å². The normalized spacial score (nSPS) is 24.5. The highest BCUT2D eigenvalue weighted by Crippen LogP contribution is 2.31. The molecule has 3 N–H and O–H groups in total. The molecule has 1 aromatic carbocycles. The van der Waals surface area contributed by atoms with Crippen LogP contribution in [0.15, 0.2) is 29.3 Å². The predicted molar refractivity (Wildman–Crippen MR) is 84.4 cm³/mol. The molecule has 21 heavy (non-hydrogen) atoms. The third-order valence-corrected chi connectivity index (χ3v) is 6.49. The Morgan fingerprint density at radius 2 is 2.05 bits per heavy atom. The summed E-state index contributed by atoms with van der Waals surface area (Å²) in [4.78, 5) is 3.35. The van der Waals surface area contributed by atoms with Gasteiger partial charge in [-0.15, -0.1) is 0 Å². The summed E-state index contributed by atoms with van der Waals surface area (Å²) in [7, 11) is -3.45. The van der Waals surface area contributed by atoms with Crippen LogP contribution < -0.4 is 5.73 Å². The van der Waals surface area contributed by atoms with Crippen LogP contribution in [-0.2, 0) is 10.0 Å². The molecule has 1 aromatic heterocycles. The summed E-state index contributed by atoms with van der Waals surface area (Å²) in [6, 6.07) is 5.26. The number of nitrogens with zero attached hydrogens (tertiary/aromatic N) is 1. The number of aromatic amines is 1. The minimum atomic E-state index is -3.45. The summed E-state index contributed by atoms with van der Waals surface area (Å²) in [5, 5.41) is 0.704. The van der Waals surface area contributed by atoms with Crippen LogP contribution in [0, 0.1) is 11.8 Å². The maximum Gasteiger partial charge on any atom is 0.245 e. The molecule has 2 atom stereocenters. The largest absolute Gasteiger partial charge is 0.399 e. The van der Waals surface area contributed by atoms with E-state index in [0.717, 1.165) is 11.9 Å². The summed E-state index contributed by atoms with van der Waals surface area (Å²) >= 11 is 0. The Kier molecular flexibility index (Phi) is 3.45. The van der Waals surface area contributed by atoms with Gasteiger partial charge in [-0.2, -0.15) is 4.31 Å². The van der Waals surface area contributed by atoms with Crippen LogP contribution in [0.2, 0.25) is 0 Å². The lowest BCUT2D eigenvalue weighted by Crippen LogP contribution is -2.42. The van der Waals surface area contributed by atoms with E-state index in [2.05, 4.69) is 18.8 Å². The topological polar surface area (TPSA) is 79.2 Å². The van der Waals surface area contributed by atoms with Gasteiger partial charge in [0.2, 0.25) is 10.0 Å². The van der Waals surface area contributed by atoms with E-state index in [1.54, 1.807) is 28.7 Å². The Hall–Kier alpha value is -1.53. The lowest BCUT2D eigenvalue weighted by molar-refractivity contribution is 0.212. The SMILES string of the molecule is CC1CCN(S(=O)(=O)c2c[nH]c3cc(N)ccc23)CC1C. The van der Waals surface area contributed by atoms with E-state index in [0.29, 0.717) is 40.9 Å². The van der Waals surface area contributed by atoms with Crippen molar-refractivity contribution in [3.05, 3.63) is 24.4 Å². The number of fused-ring (bicyclic) bond motifs is 1. The molecule has 1 fully saturated rings. The van der Waals surface area contributed by atoms with Crippen molar-refractivity contribution in [1.29, 1.82) is 0 Å². The smallest absolute Gasteiger partial charge is 0.245 e. The number of nitrogen functional groups attached to an aromatic ring is 1. The first-order chi connectivity index (χ1) is 9.89. The molecule has 1 aliphatic heterocycles. The van der Waals surface area contributed by atoms with E-state index >= 15 is 0 Å². The zero-order valence-corrected chi connectivity index (χ0v) is 13.2. The summed E-state index contributed by atoms with van der Waals surface area (Å²) in [5.74, 6) is 0.952. The van der Waals surface area contributed by atoms with Crippen molar-refractivity contribution in [1.82, 2.24) is 9.29 Å². The summed E-state index contributed by atoms with van der Waals surface area (Å²) in [6.07, 6.45) is 2.48. The average molecular weight is 307 g/mol. The van der Waals surface area contributed by atoms with Gasteiger partial charge in [-0.25, -0.2) is 8.42 Å². The van der Waals surface area contributed by atoms with Crippen LogP contribution in [-0.4, -0.2) is 30.8 Å². The Balaban J connectivity index is 2.01. The van der Waals surface area contributed by atoms with Gasteiger partial charge in [0.15, 0.2) is 0 Å². The van der Waals surface area contributed by atoms with Gasteiger partial charge in [-0.05, 0) is 36.5 Å². The Bertz CT molecular complexity index is 766. The molecule has 0 radical (unpaired) electrons. The molecule has 6 heteroatoms. The predicted octanol–water partition coefficient (Wildman–Crippen LogP) is 2.42. The van der Waals surface area contributed by atoms with Gasteiger partial charge in [0.05, 0.1) is 0 Å². The quantitative estimate of drug-likeness (QED) is 0.836. The van der Waals surface area contributed by atoms with Crippen molar-refractivity contribution in [2.75, 3.05) is 18.8 Å². The third-order valence-electron chi connectivity index (χ3n) is 4.58. The van der Waals surface area contributed by atoms with Gasteiger partial charge in [0.1, 0.15) is 4.90 Å². The Morgan fingerprint density at radius 1 is 1.29 bits per heavy atom. The number of piperidine rings is 1. The maximum absolute atomic E-state index is 12.9. The van der Waals surface area contributed by atoms with Crippen molar-refractivity contribution >= 4 is 26.6 Å². The van der Waals surface area contributed by atoms with Crippen LogP contribution in [0.1, 0.15) is 20.3 Å². The highest BCUT2D eigenvalue weighted by Gasteiger charge is 2.33. The number of sulfonamides is 1. The molecular formula is C15H21N3O2S. The number of benzene rings is 1. The summed E-state index contributed by atoms with van der Waals surface area (Å²) < 4.78 is 27.4. The number of hydrogen-bond acceptors (Lipinski definition) is 3. The van der Waals surface area contributed by atoms with Gasteiger partial charge < -0.3 is 10.7 Å². The van der Waals surface area contributed by atoms with Gasteiger partial charge in [0.25, 0.3) is 0 Å². The van der Waals surface area contributed by atoms with E-state index in [-0.39, 0.29) is 0 Å². The van der Waals surface area contributed by atoms with Crippen molar-refractivity contribution in [2.24, 2.45) is 11.8 Å². The molecular weight excluding hydrogens is 286 g/mol. The minimum Gasteiger partial charge on any atom is -0.399 e. The summed E-state index contributed by atoms with van der Waals surface area (Å²) in [6.45, 7) is 5.48. The lowest BCUT2D eigenvalue weighted by Gasteiger charge is -2.34. The van der Waals surface area contributed by atoms with Crippen LogP contribution in [0.3, 0.4) is 0 Å². The molecule has 0 spiro atoms. The molecule has 0 amide bonds. The van der Waals surface area contributed by atoms with Gasteiger partial charge >= 0.3 is 0 Å². The van der Waals surface area contributed by atoms with E-state index < -0.39 is 10.0 Å². The van der Waals surface area contributed by atoms with E-state index in [4.69, 9.17) is 5.73 Å². The van der Waals surface area contributed by atoms with Crippen molar-refractivity contribution < 1.29 is 8.42 Å². The van der Waals surface area contributed by atoms with Crippen LogP contribution in [0.4, 0.5) is 5.69 Å². The first-order valence-corrected chi connectivity index (χ1v) is 8.70. The highest BCUT2D eigenvalue weighted by atomic mass is 32.2. The summed E-state index contributed by atoms with van der Waals surface area (Å²) in [5.41, 5.74) is 7.11. The number of nitrogens with one attached hydrogen (secondary N) is 1. The molecule has 2 unspecified atom stereocenters. The standard InChI is InChI=1S/C15H21N3O2S/c1-10-5-6-18(9-11(10)2)21(19,20)15-8-17-14-7-12(16)3-4-13(14)15/h3-4,7-8,10-11,17H,5-6,9,16H2,1-2H3. The number of H-pyrrole nitrogens is 1. The number of nitrogens with two attached hydrogens (primary N) is 1. The van der Waals surface area contributed by atoms with Crippen LogP contribution in [0.25, 0.3) is 10.9 Å². The number of hydrogen-bond donors (Lipinski definition) is 2. The second-order valence-corrected chi connectivity index (χ2v) is 7.97. The van der Waals surface area contributed by atoms with E-state index in [9.17, 15) is 8.42 Å². The Labute approximate surface area is 125 Å². The minimum absolute atomic E-state index is 0.347. The van der Waals surface area contributed by atoms with Crippen molar-refractivity contribution in [2.45, 2.75) is 25.2 Å². The fourth-order valence-corrected chi connectivity index (χ4v) is 4.63. The molecule has 114 valence electrons. The van der Waals surface area contributed by atoms with E-state index in [1.165, 1.54) is 0 Å². The molecule has 5 nitrogen and oxygen atoms in total. The monoisotopic (exact) mass is 307 g/mol. The molecule has 0 aliphatic carbocycles. The van der Waals surface area contributed by atoms with Crippen molar-refractivity contribution in [3.63, 3.8) is 0 Å². The second kappa shape index (κ2) is 5.03. The zero-order valence-electron chi connectivity index (χ0n) is 12.3. The average Bonchev–Trinajstić information content (AvgIpc) is 2.85. The number of aromatic nitrogens is 1. The van der Waals surface area contributed by atoms with Gasteiger partial charge in [0, 0.05) is 35.9 Å². The van der Waals surface area contributed by atoms with E-state index in [1.807, 2.05) is 0 Å². The highest BCUT2D eigenvalue weighted by molar-refractivity contribution is 7.89. The fraction of sp³-hybridized carbons (Fsp3) is 0.467. The maximum atomic E-state index is 12.9. The van der Waals surface area contributed by atoms with Gasteiger partial charge in [-0.3, -0.25) is 0 Å². The number of rotatable bonds is 2. The molecule has 2 heterocycles. The second-order valence-electron chi connectivity index (χ2n) is 6.06. The van der Waals surface area contributed by atoms with Gasteiger partial charge in [-0.1, -0.05) is 13.8 Å². The van der Waals surface area contributed by atoms with Crippen LogP contribution >= 0.6 is 0 Å². The molecule has 0 saturated carbocycles. The molecule has 3 rings (SSSR count). The molecule has 0 bridgehead atoms. The Morgan fingerprint density at radius 3 is 2.76 bits per heavy atom. The first kappa shape index (κ1) is 14.4. The van der Waals surface area contributed by atoms with Crippen molar-refractivity contribution in [3.8, 4) is 0 Å². The third kappa shape index (κ3) is 2.42.